The zero-order valence-corrected chi connectivity index (χ0v) is 14.5. The van der Waals surface area contributed by atoms with Crippen molar-refractivity contribution < 1.29 is 8.81 Å². The fourth-order valence-electron chi connectivity index (χ4n) is 3.19. The molecule has 2 aromatic carbocycles. The van der Waals surface area contributed by atoms with Gasteiger partial charge in [-0.3, -0.25) is 4.90 Å². The van der Waals surface area contributed by atoms with Gasteiger partial charge >= 0.3 is 0 Å². The van der Waals surface area contributed by atoms with E-state index in [0.29, 0.717) is 11.8 Å². The van der Waals surface area contributed by atoms with Gasteiger partial charge in [-0.15, -0.1) is 10.2 Å². The van der Waals surface area contributed by atoms with Gasteiger partial charge in [-0.2, -0.15) is 0 Å². The first-order valence-electron chi connectivity index (χ1n) is 8.88. The molecular weight excluding hydrogens is 331 g/mol. The summed E-state index contributed by atoms with van der Waals surface area (Å²) in [5.41, 5.74) is 2.02. The predicted molar refractivity (Wildman–Crippen MR) is 98.5 cm³/mol. The number of aromatic nitrogens is 2. The molecule has 0 atom stereocenters. The number of rotatable bonds is 5. The normalized spacial score (nSPS) is 15.3. The van der Waals surface area contributed by atoms with Gasteiger partial charge in [0.15, 0.2) is 0 Å². The monoisotopic (exact) mass is 352 g/mol. The minimum absolute atomic E-state index is 0.193. The van der Waals surface area contributed by atoms with Crippen molar-refractivity contribution in [2.45, 2.75) is 6.42 Å². The van der Waals surface area contributed by atoms with Gasteiger partial charge in [-0.1, -0.05) is 18.2 Å². The number of halogens is 1. The number of benzene rings is 2. The molecule has 2 heterocycles. The molecule has 0 saturated carbocycles. The number of anilines is 1. The lowest BCUT2D eigenvalue weighted by Crippen LogP contribution is -2.47. The Morgan fingerprint density at radius 3 is 2.35 bits per heavy atom. The highest BCUT2D eigenvalue weighted by atomic mass is 19.1. The van der Waals surface area contributed by atoms with Crippen molar-refractivity contribution in [3.63, 3.8) is 0 Å². The standard InChI is InChI=1S/C20H21FN4O/c21-17-6-8-18(9-7-17)25-14-12-24(13-15-25)11-10-19-22-23-20(26-19)16-4-2-1-3-5-16/h1-9H,10-15H2. The molecule has 0 unspecified atom stereocenters. The number of hydrogen-bond donors (Lipinski definition) is 0. The van der Waals surface area contributed by atoms with Gasteiger partial charge in [0.2, 0.25) is 11.8 Å². The highest BCUT2D eigenvalue weighted by Crippen LogP contribution is 2.19. The molecule has 0 bridgehead atoms. The van der Waals surface area contributed by atoms with E-state index in [4.69, 9.17) is 4.42 Å². The third-order valence-corrected chi connectivity index (χ3v) is 4.69. The van der Waals surface area contributed by atoms with E-state index in [2.05, 4.69) is 20.0 Å². The van der Waals surface area contributed by atoms with Crippen LogP contribution in [0.15, 0.2) is 59.0 Å². The zero-order valence-electron chi connectivity index (χ0n) is 14.5. The Bertz CT molecular complexity index is 827. The fourth-order valence-corrected chi connectivity index (χ4v) is 3.19. The minimum Gasteiger partial charge on any atom is -0.421 e. The summed E-state index contributed by atoms with van der Waals surface area (Å²) in [6.07, 6.45) is 0.746. The second kappa shape index (κ2) is 7.66. The van der Waals surface area contributed by atoms with E-state index in [-0.39, 0.29) is 5.82 Å². The quantitative estimate of drug-likeness (QED) is 0.705. The topological polar surface area (TPSA) is 45.4 Å². The lowest BCUT2D eigenvalue weighted by Gasteiger charge is -2.35. The molecule has 1 fully saturated rings. The maximum atomic E-state index is 13.0. The fraction of sp³-hybridized carbons (Fsp3) is 0.300. The highest BCUT2D eigenvalue weighted by Gasteiger charge is 2.18. The number of hydrogen-bond acceptors (Lipinski definition) is 5. The van der Waals surface area contributed by atoms with E-state index in [0.717, 1.165) is 50.4 Å². The van der Waals surface area contributed by atoms with Gasteiger partial charge in [0.25, 0.3) is 0 Å². The third kappa shape index (κ3) is 3.91. The van der Waals surface area contributed by atoms with Crippen LogP contribution in [0.1, 0.15) is 5.89 Å². The molecule has 26 heavy (non-hydrogen) atoms. The molecule has 1 aliphatic heterocycles. The van der Waals surface area contributed by atoms with Crippen LogP contribution < -0.4 is 4.90 Å². The molecule has 1 aliphatic rings. The summed E-state index contributed by atoms with van der Waals surface area (Å²) < 4.78 is 18.8. The van der Waals surface area contributed by atoms with Crippen LogP contribution >= 0.6 is 0 Å². The Morgan fingerprint density at radius 2 is 1.62 bits per heavy atom. The van der Waals surface area contributed by atoms with Crippen molar-refractivity contribution in [1.29, 1.82) is 0 Å². The van der Waals surface area contributed by atoms with E-state index in [1.54, 1.807) is 0 Å². The molecule has 4 rings (SSSR count). The molecule has 0 N–H and O–H groups in total. The van der Waals surface area contributed by atoms with Gasteiger partial charge in [-0.05, 0) is 36.4 Å². The van der Waals surface area contributed by atoms with Crippen molar-refractivity contribution in [3.05, 3.63) is 66.3 Å². The maximum Gasteiger partial charge on any atom is 0.247 e. The molecule has 1 aromatic heterocycles. The first kappa shape index (κ1) is 16.7. The van der Waals surface area contributed by atoms with E-state index in [9.17, 15) is 4.39 Å². The first-order chi connectivity index (χ1) is 12.8. The van der Waals surface area contributed by atoms with Gasteiger partial charge in [0.05, 0.1) is 0 Å². The summed E-state index contributed by atoms with van der Waals surface area (Å²) >= 11 is 0. The molecule has 0 aliphatic carbocycles. The van der Waals surface area contributed by atoms with Crippen LogP contribution in [0.5, 0.6) is 0 Å². The average Bonchev–Trinajstić information content (AvgIpc) is 3.17. The van der Waals surface area contributed by atoms with Crippen LogP contribution in [-0.4, -0.2) is 47.8 Å². The van der Waals surface area contributed by atoms with Crippen LogP contribution in [0, 0.1) is 5.82 Å². The second-order valence-electron chi connectivity index (χ2n) is 6.42. The SMILES string of the molecule is Fc1ccc(N2CCN(CCc3nnc(-c4ccccc4)o3)CC2)cc1. The van der Waals surface area contributed by atoms with Crippen molar-refractivity contribution in [2.24, 2.45) is 0 Å². The van der Waals surface area contributed by atoms with Gasteiger partial charge in [-0.25, -0.2) is 4.39 Å². The Hall–Kier alpha value is -2.73. The van der Waals surface area contributed by atoms with Crippen LogP contribution in [-0.2, 0) is 6.42 Å². The van der Waals surface area contributed by atoms with Crippen LogP contribution in [0.2, 0.25) is 0 Å². The highest BCUT2D eigenvalue weighted by molar-refractivity contribution is 5.51. The van der Waals surface area contributed by atoms with E-state index < -0.39 is 0 Å². The van der Waals surface area contributed by atoms with Crippen molar-refractivity contribution >= 4 is 5.69 Å². The summed E-state index contributed by atoms with van der Waals surface area (Å²) in [5.74, 6) is 1.05. The smallest absolute Gasteiger partial charge is 0.247 e. The number of nitrogens with zero attached hydrogens (tertiary/aromatic N) is 4. The molecule has 5 nitrogen and oxygen atoms in total. The summed E-state index contributed by atoms with van der Waals surface area (Å²) in [4.78, 5) is 4.68. The summed E-state index contributed by atoms with van der Waals surface area (Å²) in [5, 5.41) is 8.29. The molecular formula is C20H21FN4O. The Kier molecular flexibility index (Phi) is 4.93. The van der Waals surface area contributed by atoms with Gasteiger partial charge in [0.1, 0.15) is 5.82 Å². The summed E-state index contributed by atoms with van der Waals surface area (Å²) in [6, 6.07) is 16.5. The molecule has 3 aromatic rings. The van der Waals surface area contributed by atoms with Crippen LogP contribution in [0.4, 0.5) is 10.1 Å². The third-order valence-electron chi connectivity index (χ3n) is 4.69. The molecule has 0 radical (unpaired) electrons. The maximum absolute atomic E-state index is 13.0. The first-order valence-corrected chi connectivity index (χ1v) is 8.88. The number of piperazine rings is 1. The lowest BCUT2D eigenvalue weighted by molar-refractivity contribution is 0.254. The minimum atomic E-state index is -0.193. The van der Waals surface area contributed by atoms with Gasteiger partial charge < -0.3 is 9.32 Å². The largest absolute Gasteiger partial charge is 0.421 e. The predicted octanol–water partition coefficient (Wildman–Crippen LogP) is 3.24. The Balaban J connectivity index is 1.27. The van der Waals surface area contributed by atoms with E-state index in [1.807, 2.05) is 42.5 Å². The van der Waals surface area contributed by atoms with Crippen molar-refractivity contribution in [1.82, 2.24) is 15.1 Å². The Labute approximate surface area is 152 Å². The summed E-state index contributed by atoms with van der Waals surface area (Å²) in [6.45, 7) is 4.71. The van der Waals surface area contributed by atoms with Gasteiger partial charge in [0, 0.05) is 50.4 Å². The van der Waals surface area contributed by atoms with Crippen molar-refractivity contribution in [3.8, 4) is 11.5 Å². The summed E-state index contributed by atoms with van der Waals surface area (Å²) in [7, 11) is 0. The van der Waals surface area contributed by atoms with Crippen LogP contribution in [0.25, 0.3) is 11.5 Å². The second-order valence-corrected chi connectivity index (χ2v) is 6.42. The molecule has 1 saturated heterocycles. The molecule has 0 amide bonds. The average molecular weight is 352 g/mol. The van der Waals surface area contributed by atoms with E-state index >= 15 is 0 Å². The lowest BCUT2D eigenvalue weighted by atomic mass is 10.2. The van der Waals surface area contributed by atoms with Crippen molar-refractivity contribution in [2.75, 3.05) is 37.6 Å². The zero-order chi connectivity index (χ0) is 17.8. The Morgan fingerprint density at radius 1 is 0.885 bits per heavy atom. The molecule has 0 spiro atoms. The van der Waals surface area contributed by atoms with E-state index in [1.165, 1.54) is 12.1 Å². The molecule has 134 valence electrons. The van der Waals surface area contributed by atoms with Crippen LogP contribution in [0.3, 0.4) is 0 Å². The molecule has 6 heteroatoms.